The van der Waals surface area contributed by atoms with Gasteiger partial charge in [-0.2, -0.15) is 18.4 Å². The average molecular weight is 461 g/mol. The smallest absolute Gasteiger partial charge is 0.357 e. The minimum Gasteiger partial charge on any atom is -0.357 e. The van der Waals surface area contributed by atoms with Gasteiger partial charge in [-0.1, -0.05) is 50.2 Å². The van der Waals surface area contributed by atoms with Crippen molar-refractivity contribution in [3.8, 4) is 6.07 Å². The highest BCUT2D eigenvalue weighted by atomic mass is 32.1. The molecule has 0 heterocycles. The van der Waals surface area contributed by atoms with Crippen LogP contribution in [0.5, 0.6) is 0 Å². The number of rotatable bonds is 14. The van der Waals surface area contributed by atoms with Crippen molar-refractivity contribution in [2.75, 3.05) is 26.7 Å². The number of likely N-dealkylation sites (N-methyl/N-ethyl adjacent to an activating group) is 1. The quantitative estimate of drug-likeness (QED) is 0.131. The van der Waals surface area contributed by atoms with Crippen molar-refractivity contribution in [2.45, 2.75) is 57.7 Å². The van der Waals surface area contributed by atoms with Crippen LogP contribution in [0.3, 0.4) is 0 Å². The van der Waals surface area contributed by atoms with E-state index in [4.69, 9.17) is 23.2 Å². The number of thiocarbonyl (C=S) groups is 1. The molecule has 9 heteroatoms. The molecule has 3 N–H and O–H groups in total. The lowest BCUT2D eigenvalue weighted by molar-refractivity contribution is -0.114. The van der Waals surface area contributed by atoms with Crippen LogP contribution in [0.4, 0.5) is 13.2 Å². The average Bonchev–Trinajstić information content (AvgIpc) is 2.72. The highest BCUT2D eigenvalue weighted by molar-refractivity contribution is 7.78. The van der Waals surface area contributed by atoms with Gasteiger partial charge in [0.2, 0.25) is 0 Å². The Morgan fingerprint density at radius 1 is 1.23 bits per heavy atom. The highest BCUT2D eigenvalue weighted by Crippen LogP contribution is 2.29. The summed E-state index contributed by atoms with van der Waals surface area (Å²) in [5.74, 6) is 0. The summed E-state index contributed by atoms with van der Waals surface area (Å²) in [5, 5.41) is 11.3. The molecule has 0 aliphatic heterocycles. The molecule has 31 heavy (non-hydrogen) atoms. The van der Waals surface area contributed by atoms with Crippen LogP contribution in [0, 0.1) is 11.3 Å². The summed E-state index contributed by atoms with van der Waals surface area (Å²) < 4.78 is 37.0. The molecule has 0 bridgehead atoms. The zero-order valence-corrected chi connectivity index (χ0v) is 19.5. The molecule has 0 aliphatic carbocycles. The van der Waals surface area contributed by atoms with E-state index in [1.807, 2.05) is 18.7 Å². The first-order valence-corrected chi connectivity index (χ1v) is 10.6. The van der Waals surface area contributed by atoms with E-state index >= 15 is 0 Å². The van der Waals surface area contributed by atoms with Gasteiger partial charge >= 0.3 is 6.18 Å². The predicted molar refractivity (Wildman–Crippen MR) is 125 cm³/mol. The largest absolute Gasteiger partial charge is 0.417 e. The molecule has 0 radical (unpaired) electrons. The number of carbonyl (C=O) groups is 1. The van der Waals surface area contributed by atoms with Crippen LogP contribution in [-0.2, 0) is 4.79 Å². The number of hydrogen-bond donors (Lipinski definition) is 2. The van der Waals surface area contributed by atoms with Crippen LogP contribution < -0.4 is 11.1 Å². The third kappa shape index (κ3) is 14.6. The molecule has 0 spiro atoms. The third-order valence-corrected chi connectivity index (χ3v) is 4.54. The summed E-state index contributed by atoms with van der Waals surface area (Å²) in [6, 6.07) is 1.49. The van der Waals surface area contributed by atoms with Gasteiger partial charge in [0.25, 0.3) is 0 Å². The van der Waals surface area contributed by atoms with E-state index < -0.39 is 22.9 Å². The number of nitrogens with two attached hydrogens (primary N) is 1. The molecular formula is C22H35F3N4OS. The topological polar surface area (TPSA) is 82.2 Å². The van der Waals surface area contributed by atoms with Gasteiger partial charge < -0.3 is 20.7 Å². The molecule has 0 aliphatic rings. The SMILES string of the molecule is C=C/C(=C(C#N)\C=C/CNC)C(F)(F)F.CC(C)(C=O)N(C=S)CCCCCCCN. The zero-order valence-electron chi connectivity index (χ0n) is 18.7. The molecule has 0 aromatic carbocycles. The van der Waals surface area contributed by atoms with Crippen LogP contribution in [0.1, 0.15) is 46.0 Å². The second-order valence-electron chi connectivity index (χ2n) is 7.23. The van der Waals surface area contributed by atoms with Crippen LogP contribution in [-0.4, -0.2) is 55.1 Å². The maximum absolute atomic E-state index is 12.3. The standard InChI is InChI=1S/C12H24N2OS.C10H11F3N2/c1-12(2,10-15)14(11-16)9-7-5-3-4-6-8-13;1-3-9(10(11,12)13)8(7-14)5-4-6-15-2/h10-11H,3-9,13H2,1-2H3;3-5,15H,1,6H2,2H3/b;5-4-,9-8-. The number of alkyl halides is 3. The lowest BCUT2D eigenvalue weighted by Crippen LogP contribution is -2.44. The predicted octanol–water partition coefficient (Wildman–Crippen LogP) is 4.46. The van der Waals surface area contributed by atoms with E-state index in [1.54, 1.807) is 12.5 Å². The zero-order chi connectivity index (χ0) is 24.3. The maximum Gasteiger partial charge on any atom is 0.417 e. The number of allylic oxidation sites excluding steroid dienone is 4. The molecule has 0 rings (SSSR count). The number of carbonyl (C=O) groups excluding carboxylic acids is 1. The Balaban J connectivity index is 0. The van der Waals surface area contributed by atoms with Crippen molar-refractivity contribution in [3.63, 3.8) is 0 Å². The van der Waals surface area contributed by atoms with Gasteiger partial charge in [0.05, 0.1) is 28.2 Å². The number of nitriles is 1. The van der Waals surface area contributed by atoms with E-state index in [-0.39, 0.29) is 0 Å². The van der Waals surface area contributed by atoms with E-state index in [0.29, 0.717) is 12.6 Å². The van der Waals surface area contributed by atoms with Gasteiger partial charge in [-0.15, -0.1) is 0 Å². The molecule has 176 valence electrons. The fourth-order valence-corrected chi connectivity index (χ4v) is 2.74. The van der Waals surface area contributed by atoms with Gasteiger partial charge in [-0.3, -0.25) is 0 Å². The Morgan fingerprint density at radius 2 is 1.81 bits per heavy atom. The van der Waals surface area contributed by atoms with Crippen molar-refractivity contribution in [3.05, 3.63) is 36.0 Å². The summed E-state index contributed by atoms with van der Waals surface area (Å²) in [5.41, 5.74) is 5.09. The maximum atomic E-state index is 12.3. The molecule has 0 saturated carbocycles. The Kier molecular flexibility index (Phi) is 17.7. The van der Waals surface area contributed by atoms with Crippen LogP contribution >= 0.6 is 12.2 Å². The number of hydrogen-bond acceptors (Lipinski definition) is 5. The number of unbranched alkanes of at least 4 members (excludes halogenated alkanes) is 4. The second kappa shape index (κ2) is 17.6. The second-order valence-corrected chi connectivity index (χ2v) is 7.44. The third-order valence-electron chi connectivity index (χ3n) is 4.29. The monoisotopic (exact) mass is 460 g/mol. The van der Waals surface area contributed by atoms with Gasteiger partial charge in [-0.25, -0.2) is 0 Å². The van der Waals surface area contributed by atoms with Crippen LogP contribution in [0.25, 0.3) is 0 Å². The number of halogens is 3. The molecule has 0 unspecified atom stereocenters. The van der Waals surface area contributed by atoms with Gasteiger partial charge in [0.15, 0.2) is 0 Å². The summed E-state index contributed by atoms with van der Waals surface area (Å²) in [6.45, 7) is 8.86. The summed E-state index contributed by atoms with van der Waals surface area (Å²) in [7, 11) is 1.65. The van der Waals surface area contributed by atoms with Crippen LogP contribution in [0.15, 0.2) is 36.0 Å². The lowest BCUT2D eigenvalue weighted by atomic mass is 10.1. The summed E-state index contributed by atoms with van der Waals surface area (Å²) in [6.07, 6.45) is 5.38. The lowest BCUT2D eigenvalue weighted by Gasteiger charge is -2.32. The van der Waals surface area contributed by atoms with Gasteiger partial charge in [0, 0.05) is 13.1 Å². The first kappa shape index (κ1) is 31.2. The molecule has 0 fully saturated rings. The molecule has 0 amide bonds. The van der Waals surface area contributed by atoms with Crippen molar-refractivity contribution in [1.82, 2.24) is 10.2 Å². The molecule has 0 saturated heterocycles. The van der Waals surface area contributed by atoms with E-state index in [9.17, 15) is 18.0 Å². The van der Waals surface area contributed by atoms with E-state index in [0.717, 1.165) is 38.3 Å². The Labute approximate surface area is 189 Å². The fraction of sp³-hybridized carbons (Fsp3) is 0.591. The Morgan fingerprint density at radius 3 is 2.23 bits per heavy atom. The minimum atomic E-state index is -4.54. The molecule has 0 atom stereocenters. The normalized spacial score (nSPS) is 12.3. The van der Waals surface area contributed by atoms with Gasteiger partial charge in [0.1, 0.15) is 6.29 Å². The first-order chi connectivity index (χ1) is 14.5. The van der Waals surface area contributed by atoms with Crippen LogP contribution in [0.2, 0.25) is 0 Å². The summed E-state index contributed by atoms with van der Waals surface area (Å²) in [4.78, 5) is 12.8. The first-order valence-electron chi connectivity index (χ1n) is 10.1. The highest BCUT2D eigenvalue weighted by Gasteiger charge is 2.33. The van der Waals surface area contributed by atoms with Crippen molar-refractivity contribution in [1.29, 1.82) is 5.26 Å². The number of nitrogens with one attached hydrogen (secondary N) is 1. The van der Waals surface area contributed by atoms with E-state index in [2.05, 4.69) is 11.9 Å². The number of aldehydes is 1. The fourth-order valence-electron chi connectivity index (χ4n) is 2.36. The Hall–Kier alpha value is -2.02. The van der Waals surface area contributed by atoms with Gasteiger partial charge in [-0.05, 0) is 46.4 Å². The minimum absolute atomic E-state index is 0.396. The summed E-state index contributed by atoms with van der Waals surface area (Å²) >= 11 is 4.93. The van der Waals surface area contributed by atoms with Crippen molar-refractivity contribution < 1.29 is 18.0 Å². The van der Waals surface area contributed by atoms with Crippen molar-refractivity contribution >= 4 is 24.0 Å². The molecule has 5 nitrogen and oxygen atoms in total. The number of nitrogens with zero attached hydrogens (tertiary/aromatic N) is 2. The molecular weight excluding hydrogens is 425 g/mol. The molecule has 0 aromatic rings. The Bertz CT molecular complexity index is 638. The van der Waals surface area contributed by atoms with Crippen molar-refractivity contribution in [2.24, 2.45) is 5.73 Å². The van der Waals surface area contributed by atoms with E-state index in [1.165, 1.54) is 31.4 Å². The molecule has 0 aromatic heterocycles.